The van der Waals surface area contributed by atoms with Gasteiger partial charge in [-0.25, -0.2) is 14.6 Å². The van der Waals surface area contributed by atoms with Gasteiger partial charge in [0.25, 0.3) is 0 Å². The van der Waals surface area contributed by atoms with E-state index in [1.165, 1.54) is 0 Å². The fourth-order valence-electron chi connectivity index (χ4n) is 2.22. The number of nitrogens with one attached hydrogen (secondary N) is 1. The molecular formula is C15H15N5. The van der Waals surface area contributed by atoms with Gasteiger partial charge in [-0.2, -0.15) is 5.10 Å². The predicted molar refractivity (Wildman–Crippen MR) is 78.9 cm³/mol. The smallest absolute Gasteiger partial charge is 0.132 e. The second kappa shape index (κ2) is 5.13. The van der Waals surface area contributed by atoms with Crippen LogP contribution >= 0.6 is 0 Å². The minimum absolute atomic E-state index is 0.829. The molecule has 0 saturated carbocycles. The number of para-hydroxylation sites is 1. The Morgan fingerprint density at radius 2 is 1.85 bits per heavy atom. The Morgan fingerprint density at radius 1 is 1.05 bits per heavy atom. The molecule has 20 heavy (non-hydrogen) atoms. The lowest BCUT2D eigenvalue weighted by atomic mass is 10.1. The molecule has 5 nitrogen and oxygen atoms in total. The summed E-state index contributed by atoms with van der Waals surface area (Å²) < 4.78 is 1.88. The van der Waals surface area contributed by atoms with E-state index >= 15 is 0 Å². The van der Waals surface area contributed by atoms with Crippen molar-refractivity contribution < 1.29 is 0 Å². The molecule has 2 aromatic heterocycles. The van der Waals surface area contributed by atoms with Crippen molar-refractivity contribution >= 4 is 5.82 Å². The minimum atomic E-state index is 0.829. The monoisotopic (exact) mass is 265 g/mol. The highest BCUT2D eigenvalue weighted by atomic mass is 15.3. The van der Waals surface area contributed by atoms with Gasteiger partial charge in [0, 0.05) is 12.6 Å². The van der Waals surface area contributed by atoms with E-state index in [1.807, 2.05) is 55.1 Å². The molecule has 2 heterocycles. The van der Waals surface area contributed by atoms with E-state index in [2.05, 4.69) is 20.4 Å². The minimum Gasteiger partial charge on any atom is -0.373 e. The lowest BCUT2D eigenvalue weighted by Gasteiger charge is -2.11. The average molecular weight is 265 g/mol. The molecule has 5 heteroatoms. The van der Waals surface area contributed by atoms with Gasteiger partial charge in [0.2, 0.25) is 0 Å². The Bertz CT molecular complexity index is 718. The lowest BCUT2D eigenvalue weighted by Crippen LogP contribution is -2.04. The summed E-state index contributed by atoms with van der Waals surface area (Å²) in [5.41, 5.74) is 3.85. The fraction of sp³-hybridized carbons (Fsp3) is 0.133. The number of rotatable bonds is 3. The number of anilines is 1. The number of hydrogen-bond donors (Lipinski definition) is 1. The maximum atomic E-state index is 4.40. The van der Waals surface area contributed by atoms with Crippen LogP contribution in [0.15, 0.2) is 48.9 Å². The third kappa shape index (κ3) is 2.03. The second-order valence-electron chi connectivity index (χ2n) is 4.41. The third-order valence-corrected chi connectivity index (χ3v) is 3.21. The Balaban J connectivity index is 2.16. The predicted octanol–water partition coefficient (Wildman–Crippen LogP) is 2.68. The molecule has 1 aromatic carbocycles. The summed E-state index contributed by atoms with van der Waals surface area (Å²) in [5, 5.41) is 7.47. The molecule has 0 aliphatic carbocycles. The standard InChI is InChI=1S/C15H15N5/c1-11-14(17-10-18-15(11)16-2)13-8-9-19-20(13)12-6-4-3-5-7-12/h3-10H,1-2H3,(H,16,17,18). The van der Waals surface area contributed by atoms with E-state index in [4.69, 9.17) is 0 Å². The molecule has 0 radical (unpaired) electrons. The third-order valence-electron chi connectivity index (χ3n) is 3.21. The van der Waals surface area contributed by atoms with Gasteiger partial charge in [0.05, 0.1) is 23.3 Å². The van der Waals surface area contributed by atoms with Gasteiger partial charge in [0.15, 0.2) is 0 Å². The van der Waals surface area contributed by atoms with Crippen molar-refractivity contribution in [1.82, 2.24) is 19.7 Å². The Hall–Kier alpha value is -2.69. The Morgan fingerprint density at radius 3 is 2.60 bits per heavy atom. The number of hydrogen-bond acceptors (Lipinski definition) is 4. The summed E-state index contributed by atoms with van der Waals surface area (Å²) in [7, 11) is 1.85. The van der Waals surface area contributed by atoms with E-state index in [-0.39, 0.29) is 0 Å². The molecule has 0 fully saturated rings. The van der Waals surface area contributed by atoms with Crippen LogP contribution in [0.5, 0.6) is 0 Å². The first-order chi connectivity index (χ1) is 9.81. The normalized spacial score (nSPS) is 10.5. The van der Waals surface area contributed by atoms with E-state index in [0.29, 0.717) is 0 Å². The zero-order valence-electron chi connectivity index (χ0n) is 11.4. The van der Waals surface area contributed by atoms with Crippen LogP contribution in [0.4, 0.5) is 5.82 Å². The SMILES string of the molecule is CNc1ncnc(-c2ccnn2-c2ccccc2)c1C. The molecule has 0 amide bonds. The molecule has 0 aliphatic heterocycles. The number of aromatic nitrogens is 4. The lowest BCUT2D eigenvalue weighted by molar-refractivity contribution is 0.881. The molecule has 0 aliphatic rings. The highest BCUT2D eigenvalue weighted by molar-refractivity contribution is 5.66. The molecule has 1 N–H and O–H groups in total. The highest BCUT2D eigenvalue weighted by Gasteiger charge is 2.13. The number of benzene rings is 1. The topological polar surface area (TPSA) is 55.6 Å². The quantitative estimate of drug-likeness (QED) is 0.791. The van der Waals surface area contributed by atoms with Crippen molar-refractivity contribution in [3.8, 4) is 17.1 Å². The fourth-order valence-corrected chi connectivity index (χ4v) is 2.22. The largest absolute Gasteiger partial charge is 0.373 e. The van der Waals surface area contributed by atoms with E-state index in [0.717, 1.165) is 28.5 Å². The first kappa shape index (κ1) is 12.3. The van der Waals surface area contributed by atoms with Crippen LogP contribution in [-0.2, 0) is 0 Å². The molecule has 0 spiro atoms. The zero-order chi connectivity index (χ0) is 13.9. The van der Waals surface area contributed by atoms with Crippen LogP contribution in [0, 0.1) is 6.92 Å². The van der Waals surface area contributed by atoms with Gasteiger partial charge in [-0.1, -0.05) is 18.2 Å². The van der Waals surface area contributed by atoms with Crippen molar-refractivity contribution in [1.29, 1.82) is 0 Å². The average Bonchev–Trinajstić information content (AvgIpc) is 2.97. The van der Waals surface area contributed by atoms with Gasteiger partial charge in [0.1, 0.15) is 12.1 Å². The first-order valence-electron chi connectivity index (χ1n) is 6.40. The van der Waals surface area contributed by atoms with Crippen molar-refractivity contribution in [2.75, 3.05) is 12.4 Å². The van der Waals surface area contributed by atoms with Gasteiger partial charge >= 0.3 is 0 Å². The molecule has 100 valence electrons. The van der Waals surface area contributed by atoms with Crippen LogP contribution in [-0.4, -0.2) is 26.8 Å². The number of nitrogens with zero attached hydrogens (tertiary/aromatic N) is 4. The van der Waals surface area contributed by atoms with E-state index < -0.39 is 0 Å². The molecular weight excluding hydrogens is 250 g/mol. The van der Waals surface area contributed by atoms with E-state index in [9.17, 15) is 0 Å². The van der Waals surface area contributed by atoms with Crippen LogP contribution in [0.3, 0.4) is 0 Å². The molecule has 3 aromatic rings. The van der Waals surface area contributed by atoms with Crippen molar-refractivity contribution in [2.24, 2.45) is 0 Å². The van der Waals surface area contributed by atoms with Crippen molar-refractivity contribution in [2.45, 2.75) is 6.92 Å². The summed E-state index contributed by atoms with van der Waals surface area (Å²) in [6.07, 6.45) is 3.35. The van der Waals surface area contributed by atoms with E-state index in [1.54, 1.807) is 12.5 Å². The summed E-state index contributed by atoms with van der Waals surface area (Å²) in [4.78, 5) is 8.62. The Kier molecular flexibility index (Phi) is 3.16. The molecule has 0 bridgehead atoms. The summed E-state index contributed by atoms with van der Waals surface area (Å²) in [5.74, 6) is 0.829. The molecule has 0 unspecified atom stereocenters. The van der Waals surface area contributed by atoms with Crippen molar-refractivity contribution in [3.63, 3.8) is 0 Å². The van der Waals surface area contributed by atoms with Crippen LogP contribution in [0.2, 0.25) is 0 Å². The Labute approximate surface area is 117 Å². The van der Waals surface area contributed by atoms with Crippen molar-refractivity contribution in [3.05, 3.63) is 54.5 Å². The second-order valence-corrected chi connectivity index (χ2v) is 4.41. The van der Waals surface area contributed by atoms with Crippen LogP contribution in [0.1, 0.15) is 5.56 Å². The van der Waals surface area contributed by atoms with Crippen LogP contribution in [0.25, 0.3) is 17.1 Å². The first-order valence-corrected chi connectivity index (χ1v) is 6.40. The van der Waals surface area contributed by atoms with Gasteiger partial charge in [-0.15, -0.1) is 0 Å². The summed E-state index contributed by atoms with van der Waals surface area (Å²) in [6.45, 7) is 2.00. The highest BCUT2D eigenvalue weighted by Crippen LogP contribution is 2.26. The van der Waals surface area contributed by atoms with Gasteiger partial charge < -0.3 is 5.32 Å². The summed E-state index contributed by atoms with van der Waals surface area (Å²) >= 11 is 0. The molecule has 0 atom stereocenters. The van der Waals surface area contributed by atoms with Gasteiger partial charge in [-0.05, 0) is 25.1 Å². The summed E-state index contributed by atoms with van der Waals surface area (Å²) in [6, 6.07) is 12.0. The van der Waals surface area contributed by atoms with Crippen LogP contribution < -0.4 is 5.32 Å². The molecule has 3 rings (SSSR count). The maximum Gasteiger partial charge on any atom is 0.132 e. The van der Waals surface area contributed by atoms with Gasteiger partial charge in [-0.3, -0.25) is 0 Å². The molecule has 0 saturated heterocycles. The zero-order valence-corrected chi connectivity index (χ0v) is 11.4. The maximum absolute atomic E-state index is 4.40.